The van der Waals surface area contributed by atoms with E-state index in [1.54, 1.807) is 0 Å². The molecule has 0 saturated heterocycles. The van der Waals surface area contributed by atoms with Crippen LogP contribution in [0.1, 0.15) is 28.4 Å². The van der Waals surface area contributed by atoms with Crippen LogP contribution in [0.4, 0.5) is 5.69 Å². The summed E-state index contributed by atoms with van der Waals surface area (Å²) < 4.78 is 10.6. The van der Waals surface area contributed by atoms with E-state index < -0.39 is 5.97 Å². The van der Waals surface area contributed by atoms with Crippen molar-refractivity contribution in [2.24, 2.45) is 0 Å². The predicted molar refractivity (Wildman–Crippen MR) is 93.6 cm³/mol. The van der Waals surface area contributed by atoms with Crippen molar-refractivity contribution in [3.63, 3.8) is 0 Å². The van der Waals surface area contributed by atoms with Gasteiger partial charge in [-0.15, -0.1) is 0 Å². The van der Waals surface area contributed by atoms with Gasteiger partial charge in [-0.2, -0.15) is 0 Å². The minimum atomic E-state index is -0.670. The Labute approximate surface area is 149 Å². The number of nitrogens with two attached hydrogens (primary N) is 1. The van der Waals surface area contributed by atoms with Crippen LogP contribution < -0.4 is 15.8 Å². The molecule has 3 rings (SSSR count). The molecule has 2 aromatic carbocycles. The fourth-order valence-corrected chi connectivity index (χ4v) is 2.84. The molecule has 25 heavy (non-hydrogen) atoms. The number of halogens is 1. The first-order valence-electron chi connectivity index (χ1n) is 7.78. The van der Waals surface area contributed by atoms with Gasteiger partial charge in [-0.25, -0.2) is 4.79 Å². The van der Waals surface area contributed by atoms with Crippen LogP contribution in [-0.4, -0.2) is 25.1 Å². The fourth-order valence-electron chi connectivity index (χ4n) is 2.66. The topological polar surface area (TPSA) is 90.7 Å². The Morgan fingerprint density at radius 1 is 1.28 bits per heavy atom. The van der Waals surface area contributed by atoms with Crippen LogP contribution in [0.15, 0.2) is 42.5 Å². The normalized spacial score (nSPS) is 15.6. The van der Waals surface area contributed by atoms with Gasteiger partial charge in [-0.05, 0) is 24.3 Å². The smallest absolute Gasteiger partial charge is 0.340 e. The van der Waals surface area contributed by atoms with Crippen LogP contribution >= 0.6 is 11.6 Å². The molecule has 0 fully saturated rings. The molecule has 0 spiro atoms. The number of nitrogen functional groups attached to an aromatic ring is 1. The highest BCUT2D eigenvalue weighted by Gasteiger charge is 2.23. The average Bonchev–Trinajstić information content (AvgIpc) is 2.60. The quantitative estimate of drug-likeness (QED) is 0.646. The summed E-state index contributed by atoms with van der Waals surface area (Å²) in [7, 11) is 0. The monoisotopic (exact) mass is 360 g/mol. The molecule has 130 valence electrons. The molecular weight excluding hydrogens is 344 g/mol. The zero-order chi connectivity index (χ0) is 17.8. The first kappa shape index (κ1) is 17.1. The molecule has 2 aromatic rings. The van der Waals surface area contributed by atoms with Crippen LogP contribution in [0.3, 0.4) is 0 Å². The van der Waals surface area contributed by atoms with Crippen molar-refractivity contribution in [2.45, 2.75) is 12.5 Å². The lowest BCUT2D eigenvalue weighted by Crippen LogP contribution is -2.35. The average molecular weight is 361 g/mol. The number of amides is 1. The van der Waals surface area contributed by atoms with E-state index in [-0.39, 0.29) is 29.8 Å². The largest absolute Gasteiger partial charge is 0.493 e. The van der Waals surface area contributed by atoms with Crippen LogP contribution in [0.2, 0.25) is 5.02 Å². The third-order valence-electron chi connectivity index (χ3n) is 3.86. The van der Waals surface area contributed by atoms with Gasteiger partial charge in [-0.3, -0.25) is 4.79 Å². The van der Waals surface area contributed by atoms with E-state index in [0.29, 0.717) is 18.1 Å². The predicted octanol–water partition coefficient (Wildman–Crippen LogP) is 2.72. The molecule has 0 bridgehead atoms. The lowest BCUT2D eigenvalue weighted by atomic mass is 10.0. The van der Waals surface area contributed by atoms with E-state index in [1.165, 1.54) is 18.2 Å². The van der Waals surface area contributed by atoms with Crippen molar-refractivity contribution in [2.75, 3.05) is 18.9 Å². The van der Waals surface area contributed by atoms with Crippen molar-refractivity contribution in [1.82, 2.24) is 5.32 Å². The lowest BCUT2D eigenvalue weighted by molar-refractivity contribution is -0.125. The first-order valence-corrected chi connectivity index (χ1v) is 8.15. The van der Waals surface area contributed by atoms with Crippen molar-refractivity contribution >= 4 is 29.2 Å². The first-order chi connectivity index (χ1) is 12.0. The molecule has 7 heteroatoms. The van der Waals surface area contributed by atoms with Gasteiger partial charge in [0.25, 0.3) is 5.91 Å². The maximum absolute atomic E-state index is 12.1. The SMILES string of the molecule is Nc1cc(Cl)ccc1C(=O)OCC(=O)NC1CCOc2ccccc21. The van der Waals surface area contributed by atoms with Gasteiger partial charge in [0.2, 0.25) is 0 Å². The zero-order valence-corrected chi connectivity index (χ0v) is 14.1. The summed E-state index contributed by atoms with van der Waals surface area (Å²) >= 11 is 5.79. The Morgan fingerprint density at radius 2 is 2.08 bits per heavy atom. The number of benzene rings is 2. The Bertz CT molecular complexity index is 809. The van der Waals surface area contributed by atoms with E-state index in [2.05, 4.69) is 5.32 Å². The molecular formula is C18H17ClN2O4. The van der Waals surface area contributed by atoms with Crippen LogP contribution in [0, 0.1) is 0 Å². The molecule has 0 radical (unpaired) electrons. The zero-order valence-electron chi connectivity index (χ0n) is 13.3. The number of fused-ring (bicyclic) bond motifs is 1. The van der Waals surface area contributed by atoms with E-state index >= 15 is 0 Å². The number of anilines is 1. The van der Waals surface area contributed by atoms with E-state index in [9.17, 15) is 9.59 Å². The van der Waals surface area contributed by atoms with E-state index in [0.717, 1.165) is 11.3 Å². The number of hydrogen-bond donors (Lipinski definition) is 2. The molecule has 6 nitrogen and oxygen atoms in total. The summed E-state index contributed by atoms with van der Waals surface area (Å²) in [6.07, 6.45) is 0.654. The van der Waals surface area contributed by atoms with Gasteiger partial charge in [-0.1, -0.05) is 29.8 Å². The summed E-state index contributed by atoms with van der Waals surface area (Å²) in [4.78, 5) is 24.1. The molecule has 3 N–H and O–H groups in total. The third-order valence-corrected chi connectivity index (χ3v) is 4.10. The lowest BCUT2D eigenvalue weighted by Gasteiger charge is -2.26. The molecule has 1 aliphatic heterocycles. The molecule has 0 aliphatic carbocycles. The summed E-state index contributed by atoms with van der Waals surface area (Å²) in [6, 6.07) is 11.8. The Hall–Kier alpha value is -2.73. The maximum Gasteiger partial charge on any atom is 0.340 e. The highest BCUT2D eigenvalue weighted by atomic mass is 35.5. The summed E-state index contributed by atoms with van der Waals surface area (Å²) in [5.74, 6) is -0.302. The number of carbonyl (C=O) groups is 2. The number of esters is 1. The molecule has 1 atom stereocenters. The third kappa shape index (κ3) is 4.03. The second-order valence-corrected chi connectivity index (χ2v) is 6.04. The molecule has 0 saturated carbocycles. The number of ether oxygens (including phenoxy) is 2. The Kier molecular flexibility index (Phi) is 5.09. The Morgan fingerprint density at radius 3 is 2.88 bits per heavy atom. The molecule has 1 amide bonds. The Balaban J connectivity index is 1.58. The highest BCUT2D eigenvalue weighted by Crippen LogP contribution is 2.31. The number of carbonyl (C=O) groups excluding carboxylic acids is 2. The number of para-hydroxylation sites is 1. The van der Waals surface area contributed by atoms with Gasteiger partial charge in [0.05, 0.1) is 18.2 Å². The molecule has 1 aliphatic rings. The van der Waals surface area contributed by atoms with Gasteiger partial charge >= 0.3 is 5.97 Å². The summed E-state index contributed by atoms with van der Waals surface area (Å²) in [5, 5.41) is 3.28. The van der Waals surface area contributed by atoms with Crippen molar-refractivity contribution in [1.29, 1.82) is 0 Å². The highest BCUT2D eigenvalue weighted by molar-refractivity contribution is 6.31. The van der Waals surface area contributed by atoms with Gasteiger partial charge in [0.1, 0.15) is 5.75 Å². The fraction of sp³-hybridized carbons (Fsp3) is 0.222. The summed E-state index contributed by atoms with van der Waals surface area (Å²) in [6.45, 7) is 0.128. The number of hydrogen-bond acceptors (Lipinski definition) is 5. The van der Waals surface area contributed by atoms with Crippen molar-refractivity contribution < 1.29 is 19.1 Å². The van der Waals surface area contributed by atoms with Gasteiger partial charge in [0, 0.05) is 22.7 Å². The van der Waals surface area contributed by atoms with Gasteiger partial charge < -0.3 is 20.5 Å². The van der Waals surface area contributed by atoms with Gasteiger partial charge in [0.15, 0.2) is 6.61 Å². The summed E-state index contributed by atoms with van der Waals surface area (Å²) in [5.41, 5.74) is 7.02. The van der Waals surface area contributed by atoms with Crippen LogP contribution in [-0.2, 0) is 9.53 Å². The second kappa shape index (κ2) is 7.44. The van der Waals surface area contributed by atoms with E-state index in [4.69, 9.17) is 26.8 Å². The number of rotatable bonds is 4. The minimum absolute atomic E-state index is 0.170. The van der Waals surface area contributed by atoms with Crippen LogP contribution in [0.5, 0.6) is 5.75 Å². The molecule has 1 heterocycles. The minimum Gasteiger partial charge on any atom is -0.493 e. The molecule has 0 aromatic heterocycles. The van der Waals surface area contributed by atoms with Crippen molar-refractivity contribution in [3.8, 4) is 5.75 Å². The number of nitrogens with one attached hydrogen (secondary N) is 1. The van der Waals surface area contributed by atoms with Crippen LogP contribution in [0.25, 0.3) is 0 Å². The second-order valence-electron chi connectivity index (χ2n) is 5.60. The standard InChI is InChI=1S/C18H17ClN2O4/c19-11-5-6-12(14(20)9-11)18(23)25-10-17(22)21-15-7-8-24-16-4-2-1-3-13(15)16/h1-6,9,15H,7-8,10,20H2,(H,21,22). The maximum atomic E-state index is 12.1. The van der Waals surface area contributed by atoms with E-state index in [1.807, 2.05) is 24.3 Å². The van der Waals surface area contributed by atoms with Crippen molar-refractivity contribution in [3.05, 3.63) is 58.6 Å². The molecule has 1 unspecified atom stereocenters.